The Morgan fingerprint density at radius 1 is 1.29 bits per heavy atom. The molecule has 1 aromatic rings. The van der Waals surface area contributed by atoms with E-state index in [1.54, 1.807) is 18.2 Å². The monoisotopic (exact) mass is 290 g/mol. The number of aliphatic hydroxyl groups is 1. The highest BCUT2D eigenvalue weighted by atomic mass is 16.3. The maximum absolute atomic E-state index is 11.6. The molecule has 1 unspecified atom stereocenters. The first-order valence-electron chi connectivity index (χ1n) is 7.03. The number of amides is 2. The van der Waals surface area contributed by atoms with Crippen LogP contribution in [0.3, 0.4) is 0 Å². The average Bonchev–Trinajstić information content (AvgIpc) is 2.45. The van der Waals surface area contributed by atoms with Gasteiger partial charge in [0.1, 0.15) is 0 Å². The molecule has 0 aromatic heterocycles. The quantitative estimate of drug-likeness (QED) is 0.671. The van der Waals surface area contributed by atoms with Gasteiger partial charge in [-0.15, -0.1) is 0 Å². The van der Waals surface area contributed by atoms with Gasteiger partial charge in [0.2, 0.25) is 11.8 Å². The number of aliphatic hydroxyl groups excluding tert-OH is 1. The molecule has 0 aliphatic rings. The van der Waals surface area contributed by atoms with E-state index in [-0.39, 0.29) is 17.9 Å². The summed E-state index contributed by atoms with van der Waals surface area (Å²) >= 11 is 0. The van der Waals surface area contributed by atoms with Gasteiger partial charge in [-0.05, 0) is 36.6 Å². The van der Waals surface area contributed by atoms with E-state index in [1.165, 1.54) is 13.0 Å². The first-order chi connectivity index (χ1) is 10.0. The van der Waals surface area contributed by atoms with Crippen LogP contribution in [-0.4, -0.2) is 29.6 Å². The lowest BCUT2D eigenvalue weighted by Crippen LogP contribution is -2.25. The Morgan fingerprint density at radius 3 is 2.52 bits per heavy atom. The Morgan fingerprint density at radius 2 is 1.95 bits per heavy atom. The normalized spacial score (nSPS) is 12.1. The van der Waals surface area contributed by atoms with Crippen molar-refractivity contribution in [3.05, 3.63) is 35.9 Å². The molecule has 0 saturated heterocycles. The molecular formula is C16H22N2O3. The van der Waals surface area contributed by atoms with Crippen molar-refractivity contribution < 1.29 is 14.7 Å². The van der Waals surface area contributed by atoms with Crippen LogP contribution >= 0.6 is 0 Å². The number of anilines is 1. The Labute approximate surface area is 125 Å². The summed E-state index contributed by atoms with van der Waals surface area (Å²) in [5.41, 5.74) is 1.59. The molecule has 0 fully saturated rings. The van der Waals surface area contributed by atoms with Crippen molar-refractivity contribution >= 4 is 23.6 Å². The topological polar surface area (TPSA) is 78.4 Å². The molecule has 0 bridgehead atoms. The third-order valence-electron chi connectivity index (χ3n) is 2.91. The second-order valence-corrected chi connectivity index (χ2v) is 4.78. The molecule has 1 atom stereocenters. The molecule has 5 nitrogen and oxygen atoms in total. The van der Waals surface area contributed by atoms with Crippen molar-refractivity contribution in [2.75, 3.05) is 11.9 Å². The fourth-order valence-corrected chi connectivity index (χ4v) is 1.68. The Balaban J connectivity index is 2.41. The summed E-state index contributed by atoms with van der Waals surface area (Å²) in [5.74, 6) is -0.309. The first kappa shape index (κ1) is 16.9. The third-order valence-corrected chi connectivity index (χ3v) is 2.91. The summed E-state index contributed by atoms with van der Waals surface area (Å²) in [6, 6.07) is 7.18. The maximum Gasteiger partial charge on any atom is 0.244 e. The van der Waals surface area contributed by atoms with Gasteiger partial charge in [0.25, 0.3) is 0 Å². The van der Waals surface area contributed by atoms with Crippen LogP contribution in [0.4, 0.5) is 5.69 Å². The maximum atomic E-state index is 11.6. The molecule has 0 saturated carbocycles. The van der Waals surface area contributed by atoms with Crippen LogP contribution in [0.15, 0.2) is 30.3 Å². The van der Waals surface area contributed by atoms with Crippen molar-refractivity contribution in [2.45, 2.75) is 32.8 Å². The summed E-state index contributed by atoms with van der Waals surface area (Å²) in [5, 5.41) is 14.8. The van der Waals surface area contributed by atoms with E-state index in [9.17, 15) is 14.7 Å². The number of carbonyl (C=O) groups excluding carboxylic acids is 2. The van der Waals surface area contributed by atoms with Crippen molar-refractivity contribution in [3.8, 4) is 0 Å². The third kappa shape index (κ3) is 7.27. The molecule has 0 radical (unpaired) electrons. The van der Waals surface area contributed by atoms with Gasteiger partial charge in [-0.25, -0.2) is 0 Å². The zero-order chi connectivity index (χ0) is 15.7. The number of hydrogen-bond donors (Lipinski definition) is 3. The van der Waals surface area contributed by atoms with Gasteiger partial charge >= 0.3 is 0 Å². The molecule has 0 aliphatic carbocycles. The minimum atomic E-state index is -0.365. The summed E-state index contributed by atoms with van der Waals surface area (Å²) in [4.78, 5) is 22.4. The fraction of sp³-hybridized carbons (Fsp3) is 0.375. The van der Waals surface area contributed by atoms with E-state index in [1.807, 2.05) is 19.1 Å². The summed E-state index contributed by atoms with van der Waals surface area (Å²) < 4.78 is 0. The van der Waals surface area contributed by atoms with Crippen LogP contribution in [0.2, 0.25) is 0 Å². The number of carbonyl (C=O) groups is 2. The summed E-state index contributed by atoms with van der Waals surface area (Å²) in [6.07, 6.45) is 4.03. The van der Waals surface area contributed by atoms with Crippen molar-refractivity contribution in [1.29, 1.82) is 0 Å². The molecule has 3 N–H and O–H groups in total. The SMILES string of the molecule is CCC(O)CCNC(=O)/C=C/c1ccc(NC(C)=O)cc1. The lowest BCUT2D eigenvalue weighted by atomic mass is 10.2. The Kier molecular flexibility index (Phi) is 7.18. The van der Waals surface area contributed by atoms with Crippen molar-refractivity contribution in [2.24, 2.45) is 0 Å². The van der Waals surface area contributed by atoms with E-state index in [4.69, 9.17) is 0 Å². The van der Waals surface area contributed by atoms with Crippen LogP contribution in [0, 0.1) is 0 Å². The number of rotatable bonds is 7. The van der Waals surface area contributed by atoms with Gasteiger partial charge in [0.05, 0.1) is 6.10 Å². The smallest absolute Gasteiger partial charge is 0.244 e. The second-order valence-electron chi connectivity index (χ2n) is 4.78. The fourth-order valence-electron chi connectivity index (χ4n) is 1.68. The molecule has 114 valence electrons. The van der Waals surface area contributed by atoms with Gasteiger partial charge in [-0.2, -0.15) is 0 Å². The minimum absolute atomic E-state index is 0.119. The zero-order valence-corrected chi connectivity index (χ0v) is 12.4. The van der Waals surface area contributed by atoms with E-state index < -0.39 is 0 Å². The number of nitrogens with one attached hydrogen (secondary N) is 2. The van der Waals surface area contributed by atoms with Gasteiger partial charge in [-0.3, -0.25) is 9.59 Å². The highest BCUT2D eigenvalue weighted by molar-refractivity contribution is 5.92. The number of benzene rings is 1. The van der Waals surface area contributed by atoms with Gasteiger partial charge < -0.3 is 15.7 Å². The predicted octanol–water partition coefficient (Wildman–Crippen LogP) is 1.94. The molecule has 21 heavy (non-hydrogen) atoms. The molecular weight excluding hydrogens is 268 g/mol. The van der Waals surface area contributed by atoms with Crippen molar-refractivity contribution in [1.82, 2.24) is 5.32 Å². The largest absolute Gasteiger partial charge is 0.393 e. The summed E-state index contributed by atoms with van der Waals surface area (Å²) in [7, 11) is 0. The van der Waals surface area contributed by atoms with Gasteiger partial charge in [-0.1, -0.05) is 19.1 Å². The van der Waals surface area contributed by atoms with E-state index in [0.717, 1.165) is 11.3 Å². The minimum Gasteiger partial charge on any atom is -0.393 e. The average molecular weight is 290 g/mol. The van der Waals surface area contributed by atoms with E-state index in [0.29, 0.717) is 19.4 Å². The Hall–Kier alpha value is -2.14. The molecule has 0 heterocycles. The van der Waals surface area contributed by atoms with Crippen LogP contribution in [0.1, 0.15) is 32.3 Å². The van der Waals surface area contributed by atoms with E-state index >= 15 is 0 Å². The van der Waals surface area contributed by atoms with Gasteiger partial charge in [0.15, 0.2) is 0 Å². The summed E-state index contributed by atoms with van der Waals surface area (Å²) in [6.45, 7) is 3.81. The Bertz CT molecular complexity index is 495. The zero-order valence-electron chi connectivity index (χ0n) is 12.4. The van der Waals surface area contributed by atoms with Gasteiger partial charge in [0, 0.05) is 25.2 Å². The lowest BCUT2D eigenvalue weighted by molar-refractivity contribution is -0.116. The lowest BCUT2D eigenvalue weighted by Gasteiger charge is -2.07. The molecule has 1 rings (SSSR count). The second kappa shape index (κ2) is 8.92. The van der Waals surface area contributed by atoms with Crippen LogP contribution in [0.25, 0.3) is 6.08 Å². The predicted molar refractivity (Wildman–Crippen MR) is 83.7 cm³/mol. The van der Waals surface area contributed by atoms with Crippen molar-refractivity contribution in [3.63, 3.8) is 0 Å². The molecule has 1 aromatic carbocycles. The molecule has 5 heteroatoms. The highest BCUT2D eigenvalue weighted by Gasteiger charge is 2.01. The highest BCUT2D eigenvalue weighted by Crippen LogP contribution is 2.10. The van der Waals surface area contributed by atoms with E-state index in [2.05, 4.69) is 10.6 Å². The first-order valence-corrected chi connectivity index (χ1v) is 7.03. The van der Waals surface area contributed by atoms with Crippen LogP contribution in [0.5, 0.6) is 0 Å². The molecule has 2 amide bonds. The number of hydrogen-bond acceptors (Lipinski definition) is 3. The van der Waals surface area contributed by atoms with Crippen LogP contribution < -0.4 is 10.6 Å². The standard InChI is InChI=1S/C16H22N2O3/c1-3-15(20)10-11-17-16(21)9-6-13-4-7-14(8-5-13)18-12(2)19/h4-9,15,20H,3,10-11H2,1-2H3,(H,17,21)(H,18,19)/b9-6+. The molecule has 0 spiro atoms. The van der Waals surface area contributed by atoms with Crippen LogP contribution in [-0.2, 0) is 9.59 Å². The molecule has 0 aliphatic heterocycles.